The molecule has 0 spiro atoms. The standard InChI is InChI=1S/C14H14N4O3/c1-8(19)17-10-3-2-4-11(6-10)18-13-12(14(20)21)5-9(15)7-16-13/h2-7H,15H2,1H3,(H,16,18)(H,17,19)(H,20,21). The summed E-state index contributed by atoms with van der Waals surface area (Å²) in [4.78, 5) is 26.2. The summed E-state index contributed by atoms with van der Waals surface area (Å²) in [6.07, 6.45) is 1.37. The Labute approximate surface area is 120 Å². The number of carbonyl (C=O) groups is 2. The van der Waals surface area contributed by atoms with Crippen molar-refractivity contribution in [1.29, 1.82) is 0 Å². The molecule has 7 nitrogen and oxygen atoms in total. The van der Waals surface area contributed by atoms with E-state index in [-0.39, 0.29) is 23.0 Å². The van der Waals surface area contributed by atoms with Crippen LogP contribution in [0.15, 0.2) is 36.5 Å². The molecule has 2 aromatic rings. The van der Waals surface area contributed by atoms with E-state index in [9.17, 15) is 9.59 Å². The lowest BCUT2D eigenvalue weighted by molar-refractivity contribution is -0.114. The first-order valence-electron chi connectivity index (χ1n) is 6.09. The van der Waals surface area contributed by atoms with E-state index in [1.807, 2.05) is 0 Å². The number of nitrogens with zero attached hydrogens (tertiary/aromatic N) is 1. The second-order valence-electron chi connectivity index (χ2n) is 4.36. The zero-order valence-electron chi connectivity index (χ0n) is 11.3. The maximum absolute atomic E-state index is 11.2. The van der Waals surface area contributed by atoms with Gasteiger partial charge in [-0.15, -0.1) is 0 Å². The zero-order valence-corrected chi connectivity index (χ0v) is 11.3. The molecule has 0 aliphatic rings. The molecule has 1 amide bonds. The smallest absolute Gasteiger partial charge is 0.339 e. The van der Waals surface area contributed by atoms with Gasteiger partial charge in [-0.25, -0.2) is 9.78 Å². The van der Waals surface area contributed by atoms with E-state index in [0.717, 1.165) is 0 Å². The van der Waals surface area contributed by atoms with Crippen LogP contribution in [0.1, 0.15) is 17.3 Å². The van der Waals surface area contributed by atoms with Crippen LogP contribution < -0.4 is 16.4 Å². The average Bonchev–Trinajstić information content (AvgIpc) is 2.40. The maximum atomic E-state index is 11.2. The molecule has 0 saturated carbocycles. The highest BCUT2D eigenvalue weighted by atomic mass is 16.4. The first-order chi connectivity index (χ1) is 9.95. The number of carboxylic acids is 1. The number of hydrogen-bond acceptors (Lipinski definition) is 5. The topological polar surface area (TPSA) is 117 Å². The molecule has 108 valence electrons. The van der Waals surface area contributed by atoms with Crippen LogP contribution in [0.25, 0.3) is 0 Å². The number of rotatable bonds is 4. The van der Waals surface area contributed by atoms with Gasteiger partial charge in [-0.2, -0.15) is 0 Å². The van der Waals surface area contributed by atoms with Crippen molar-refractivity contribution in [1.82, 2.24) is 4.98 Å². The van der Waals surface area contributed by atoms with Crippen molar-refractivity contribution in [2.24, 2.45) is 0 Å². The molecule has 1 heterocycles. The van der Waals surface area contributed by atoms with Gasteiger partial charge in [-0.3, -0.25) is 4.79 Å². The molecule has 21 heavy (non-hydrogen) atoms. The van der Waals surface area contributed by atoms with Gasteiger partial charge < -0.3 is 21.5 Å². The Morgan fingerprint density at radius 3 is 2.62 bits per heavy atom. The second-order valence-corrected chi connectivity index (χ2v) is 4.36. The number of pyridine rings is 1. The second kappa shape index (κ2) is 5.91. The van der Waals surface area contributed by atoms with E-state index < -0.39 is 5.97 Å². The Morgan fingerprint density at radius 1 is 1.24 bits per heavy atom. The molecule has 0 bridgehead atoms. The highest BCUT2D eigenvalue weighted by Crippen LogP contribution is 2.22. The first kappa shape index (κ1) is 14.3. The Bertz CT molecular complexity index is 700. The van der Waals surface area contributed by atoms with Crippen molar-refractivity contribution in [2.45, 2.75) is 6.92 Å². The monoisotopic (exact) mass is 286 g/mol. The summed E-state index contributed by atoms with van der Waals surface area (Å²) in [6, 6.07) is 8.18. The van der Waals surface area contributed by atoms with E-state index in [0.29, 0.717) is 11.4 Å². The van der Waals surface area contributed by atoms with Crippen LogP contribution in [-0.2, 0) is 4.79 Å². The fourth-order valence-corrected chi connectivity index (χ4v) is 1.76. The van der Waals surface area contributed by atoms with Crippen LogP contribution >= 0.6 is 0 Å². The minimum absolute atomic E-state index is 0.0278. The molecule has 7 heteroatoms. The lowest BCUT2D eigenvalue weighted by Gasteiger charge is -2.10. The van der Waals surface area contributed by atoms with Crippen LogP contribution in [0.5, 0.6) is 0 Å². The van der Waals surface area contributed by atoms with Crippen LogP contribution in [0, 0.1) is 0 Å². The highest BCUT2D eigenvalue weighted by molar-refractivity contribution is 5.95. The van der Waals surface area contributed by atoms with E-state index in [2.05, 4.69) is 15.6 Å². The summed E-state index contributed by atoms with van der Waals surface area (Å²) in [6.45, 7) is 1.41. The highest BCUT2D eigenvalue weighted by Gasteiger charge is 2.12. The van der Waals surface area contributed by atoms with E-state index in [4.69, 9.17) is 10.8 Å². The lowest BCUT2D eigenvalue weighted by Crippen LogP contribution is -2.07. The number of aromatic carboxylic acids is 1. The van der Waals surface area contributed by atoms with Gasteiger partial charge in [0.1, 0.15) is 11.4 Å². The van der Waals surface area contributed by atoms with Crippen LogP contribution in [0.2, 0.25) is 0 Å². The molecule has 1 aromatic carbocycles. The normalized spacial score (nSPS) is 9.95. The number of hydrogen-bond donors (Lipinski definition) is 4. The van der Waals surface area contributed by atoms with Crippen molar-refractivity contribution >= 4 is 34.8 Å². The van der Waals surface area contributed by atoms with Gasteiger partial charge in [0.05, 0.1) is 11.9 Å². The van der Waals surface area contributed by atoms with Gasteiger partial charge in [0.2, 0.25) is 5.91 Å². The van der Waals surface area contributed by atoms with Crippen LogP contribution in [0.4, 0.5) is 22.9 Å². The summed E-state index contributed by atoms with van der Waals surface area (Å²) >= 11 is 0. The van der Waals surface area contributed by atoms with Crippen molar-refractivity contribution in [3.8, 4) is 0 Å². The van der Waals surface area contributed by atoms with Crippen LogP contribution in [0.3, 0.4) is 0 Å². The maximum Gasteiger partial charge on any atom is 0.339 e. The average molecular weight is 286 g/mol. The molecule has 0 aliphatic heterocycles. The number of nitrogen functional groups attached to an aromatic ring is 1. The minimum Gasteiger partial charge on any atom is -0.478 e. The molecular weight excluding hydrogens is 272 g/mol. The van der Waals surface area contributed by atoms with Crippen LogP contribution in [-0.4, -0.2) is 22.0 Å². The predicted molar refractivity (Wildman–Crippen MR) is 79.6 cm³/mol. The molecule has 2 rings (SSSR count). The number of aromatic nitrogens is 1. The van der Waals surface area contributed by atoms with Crippen molar-refractivity contribution in [2.75, 3.05) is 16.4 Å². The van der Waals surface area contributed by atoms with Crippen molar-refractivity contribution in [3.05, 3.63) is 42.1 Å². The van der Waals surface area contributed by atoms with Gasteiger partial charge >= 0.3 is 5.97 Å². The molecule has 0 aliphatic carbocycles. The molecule has 0 saturated heterocycles. The number of nitrogens with one attached hydrogen (secondary N) is 2. The summed E-state index contributed by atoms with van der Waals surface area (Å²) in [5.74, 6) is -1.14. The molecule has 0 radical (unpaired) electrons. The number of benzene rings is 1. The largest absolute Gasteiger partial charge is 0.478 e. The molecule has 0 fully saturated rings. The molecular formula is C14H14N4O3. The Kier molecular flexibility index (Phi) is 4.03. The SMILES string of the molecule is CC(=O)Nc1cccc(Nc2ncc(N)cc2C(=O)O)c1. The van der Waals surface area contributed by atoms with Gasteiger partial charge in [0, 0.05) is 18.3 Å². The number of anilines is 4. The number of carboxylic acid groups (broad SMARTS) is 1. The van der Waals surface area contributed by atoms with Gasteiger partial charge in [-0.05, 0) is 24.3 Å². The third-order valence-corrected chi connectivity index (χ3v) is 2.58. The number of nitrogens with two attached hydrogens (primary N) is 1. The van der Waals surface area contributed by atoms with Crippen molar-refractivity contribution in [3.63, 3.8) is 0 Å². The predicted octanol–water partition coefficient (Wildman–Crippen LogP) is 2.06. The van der Waals surface area contributed by atoms with Gasteiger partial charge in [-0.1, -0.05) is 6.07 Å². The van der Waals surface area contributed by atoms with Gasteiger partial charge in [0.25, 0.3) is 0 Å². The molecule has 0 atom stereocenters. The summed E-state index contributed by atoms with van der Waals surface area (Å²) in [5, 5.41) is 14.7. The zero-order chi connectivity index (χ0) is 15.4. The molecule has 0 unspecified atom stereocenters. The number of amides is 1. The fraction of sp³-hybridized carbons (Fsp3) is 0.0714. The first-order valence-corrected chi connectivity index (χ1v) is 6.09. The third kappa shape index (κ3) is 3.69. The number of carbonyl (C=O) groups excluding carboxylic acids is 1. The molecule has 5 N–H and O–H groups in total. The van der Waals surface area contributed by atoms with E-state index in [1.54, 1.807) is 24.3 Å². The summed E-state index contributed by atoms with van der Waals surface area (Å²) in [5.41, 5.74) is 6.97. The Morgan fingerprint density at radius 2 is 1.95 bits per heavy atom. The summed E-state index contributed by atoms with van der Waals surface area (Å²) < 4.78 is 0. The van der Waals surface area contributed by atoms with E-state index in [1.165, 1.54) is 19.2 Å². The van der Waals surface area contributed by atoms with Gasteiger partial charge in [0.15, 0.2) is 0 Å². The Balaban J connectivity index is 2.30. The fourth-order valence-electron chi connectivity index (χ4n) is 1.76. The van der Waals surface area contributed by atoms with Crippen molar-refractivity contribution < 1.29 is 14.7 Å². The minimum atomic E-state index is -1.13. The summed E-state index contributed by atoms with van der Waals surface area (Å²) in [7, 11) is 0. The lowest BCUT2D eigenvalue weighted by atomic mass is 10.2. The third-order valence-electron chi connectivity index (χ3n) is 2.58. The Hall–Kier alpha value is -3.09. The molecule has 1 aromatic heterocycles. The quantitative estimate of drug-likeness (QED) is 0.683. The van der Waals surface area contributed by atoms with E-state index >= 15 is 0 Å².